The molecule has 0 aliphatic carbocycles. The Labute approximate surface area is 238 Å². The van der Waals surface area contributed by atoms with Crippen LogP contribution in [0.2, 0.25) is 0 Å². The Kier molecular flexibility index (Phi) is 10.3. The maximum atomic E-state index is 13.9. The molecule has 7 heteroatoms. The molecule has 1 heterocycles. The fourth-order valence-corrected chi connectivity index (χ4v) is 6.17. The largest absolute Gasteiger partial charge is 0.394 e. The van der Waals surface area contributed by atoms with E-state index in [0.29, 0.717) is 18.1 Å². The lowest BCUT2D eigenvalue weighted by Crippen LogP contribution is -2.62. The van der Waals surface area contributed by atoms with E-state index in [0.717, 1.165) is 16.7 Å². The minimum Gasteiger partial charge on any atom is -0.394 e. The zero-order valence-electron chi connectivity index (χ0n) is 22.2. The highest BCUT2D eigenvalue weighted by molar-refractivity contribution is 7.85. The van der Waals surface area contributed by atoms with Crippen molar-refractivity contribution in [3.05, 3.63) is 138 Å². The van der Waals surface area contributed by atoms with Crippen LogP contribution in [-0.4, -0.2) is 45.8 Å². The number of hydrogen-bond acceptors (Lipinski definition) is 6. The van der Waals surface area contributed by atoms with Crippen LogP contribution in [0.5, 0.6) is 0 Å². The third-order valence-electron chi connectivity index (χ3n) is 6.81. The van der Waals surface area contributed by atoms with Crippen LogP contribution in [0.15, 0.2) is 126 Å². The van der Waals surface area contributed by atoms with E-state index >= 15 is 0 Å². The molecule has 0 aromatic heterocycles. The molecule has 1 aliphatic rings. The van der Waals surface area contributed by atoms with Crippen molar-refractivity contribution in [2.75, 3.05) is 6.61 Å². The number of rotatable bonds is 12. The molecule has 0 amide bonds. The monoisotopic (exact) mass is 558 g/mol. The Morgan fingerprint density at radius 1 is 0.575 bits per heavy atom. The second-order valence-electron chi connectivity index (χ2n) is 9.62. The SMILES string of the molecule is O=S(c1ccccc1)[C@@H]1O[C@H](CO)[C@@H](OCc2ccccc2)[C@H](OCc2ccccc2)[C@H]1OCc1ccccc1. The molecule has 4 aromatic rings. The number of ether oxygens (including phenoxy) is 4. The van der Waals surface area contributed by atoms with Crippen molar-refractivity contribution in [3.8, 4) is 0 Å². The molecule has 1 aliphatic heterocycles. The first-order chi connectivity index (χ1) is 19.7. The Morgan fingerprint density at radius 2 is 0.975 bits per heavy atom. The number of aliphatic hydroxyl groups excluding tert-OH is 1. The van der Waals surface area contributed by atoms with Crippen molar-refractivity contribution in [2.24, 2.45) is 0 Å². The number of aliphatic hydroxyl groups is 1. The van der Waals surface area contributed by atoms with Gasteiger partial charge in [0.25, 0.3) is 0 Å². The Morgan fingerprint density at radius 3 is 1.43 bits per heavy atom. The first-order valence-corrected chi connectivity index (χ1v) is 14.6. The first-order valence-electron chi connectivity index (χ1n) is 13.4. The van der Waals surface area contributed by atoms with Crippen molar-refractivity contribution in [3.63, 3.8) is 0 Å². The zero-order valence-corrected chi connectivity index (χ0v) is 23.0. The summed E-state index contributed by atoms with van der Waals surface area (Å²) in [5.41, 5.74) is 2.05. The minimum atomic E-state index is -1.60. The van der Waals surface area contributed by atoms with Crippen LogP contribution in [0.3, 0.4) is 0 Å². The molecule has 5 rings (SSSR count). The second-order valence-corrected chi connectivity index (χ2v) is 11.2. The van der Waals surface area contributed by atoms with Gasteiger partial charge in [-0.3, -0.25) is 4.21 Å². The average molecular weight is 559 g/mol. The molecule has 1 fully saturated rings. The van der Waals surface area contributed by atoms with Crippen molar-refractivity contribution in [2.45, 2.75) is 54.6 Å². The molecule has 1 saturated heterocycles. The summed E-state index contributed by atoms with van der Waals surface area (Å²) in [6, 6.07) is 38.6. The molecule has 6 nitrogen and oxygen atoms in total. The van der Waals surface area contributed by atoms with E-state index < -0.39 is 40.7 Å². The molecule has 0 bridgehead atoms. The molecular formula is C33H34O6S. The maximum absolute atomic E-state index is 13.9. The van der Waals surface area contributed by atoms with Gasteiger partial charge in [0.1, 0.15) is 24.4 Å². The van der Waals surface area contributed by atoms with E-state index in [9.17, 15) is 9.32 Å². The lowest BCUT2D eigenvalue weighted by atomic mass is 9.99. The van der Waals surface area contributed by atoms with Gasteiger partial charge < -0.3 is 24.1 Å². The van der Waals surface area contributed by atoms with Crippen molar-refractivity contribution in [1.82, 2.24) is 0 Å². The molecule has 6 atom stereocenters. The Balaban J connectivity index is 1.47. The topological polar surface area (TPSA) is 74.2 Å². The standard InChI is InChI=1S/C33H34O6S/c34-21-29-30(36-22-25-13-5-1-6-14-25)31(37-23-26-15-7-2-8-16-26)32(38-24-27-17-9-3-10-18-27)33(39-29)40(35)28-19-11-4-12-20-28/h1-20,29-34H,21-24H2/t29-,30-,31+,32-,33+,40?/m1/s1. The predicted octanol–water partition coefficient (Wildman–Crippen LogP) is 5.27. The lowest BCUT2D eigenvalue weighted by Gasteiger charge is -2.45. The zero-order chi connectivity index (χ0) is 27.6. The van der Waals surface area contributed by atoms with Gasteiger partial charge in [0.05, 0.1) is 37.2 Å². The van der Waals surface area contributed by atoms with Gasteiger partial charge in [-0.25, -0.2) is 0 Å². The summed E-state index contributed by atoms with van der Waals surface area (Å²) in [6.07, 6.45) is -2.85. The van der Waals surface area contributed by atoms with E-state index in [2.05, 4.69) is 0 Å². The molecular weight excluding hydrogens is 524 g/mol. The summed E-state index contributed by atoms with van der Waals surface area (Å²) < 4.78 is 39.7. The number of benzene rings is 4. The fraction of sp³-hybridized carbons (Fsp3) is 0.273. The van der Waals surface area contributed by atoms with Crippen molar-refractivity contribution in [1.29, 1.82) is 0 Å². The predicted molar refractivity (Wildman–Crippen MR) is 154 cm³/mol. The van der Waals surface area contributed by atoms with Crippen LogP contribution in [0.25, 0.3) is 0 Å². The Bertz CT molecular complexity index is 1310. The summed E-state index contributed by atoms with van der Waals surface area (Å²) in [5.74, 6) is 0. The lowest BCUT2D eigenvalue weighted by molar-refractivity contribution is -0.252. The van der Waals surface area contributed by atoms with Crippen LogP contribution in [0.1, 0.15) is 16.7 Å². The van der Waals surface area contributed by atoms with Crippen LogP contribution in [0.4, 0.5) is 0 Å². The van der Waals surface area contributed by atoms with E-state index in [4.69, 9.17) is 18.9 Å². The molecule has 0 saturated carbocycles. The second kappa shape index (κ2) is 14.5. The molecule has 0 spiro atoms. The maximum Gasteiger partial charge on any atom is 0.166 e. The average Bonchev–Trinajstić information content (AvgIpc) is 3.03. The summed E-state index contributed by atoms with van der Waals surface area (Å²) in [6.45, 7) is 0.551. The molecule has 1 unspecified atom stereocenters. The van der Waals surface area contributed by atoms with E-state index in [1.807, 2.05) is 109 Å². The molecule has 208 valence electrons. The quantitative estimate of drug-likeness (QED) is 0.256. The van der Waals surface area contributed by atoms with Crippen molar-refractivity contribution < 1.29 is 28.3 Å². The third kappa shape index (κ3) is 7.31. The van der Waals surface area contributed by atoms with E-state index in [1.165, 1.54) is 0 Å². The van der Waals surface area contributed by atoms with Gasteiger partial charge in [0, 0.05) is 4.90 Å². The van der Waals surface area contributed by atoms with E-state index in [1.54, 1.807) is 12.1 Å². The summed E-state index contributed by atoms with van der Waals surface area (Å²) in [4.78, 5) is 0.614. The van der Waals surface area contributed by atoms with Gasteiger partial charge in [-0.2, -0.15) is 0 Å². The highest BCUT2D eigenvalue weighted by atomic mass is 32.2. The number of hydrogen-bond donors (Lipinski definition) is 1. The highest BCUT2D eigenvalue weighted by Gasteiger charge is 2.50. The molecule has 1 N–H and O–H groups in total. The van der Waals surface area contributed by atoms with Gasteiger partial charge in [-0.1, -0.05) is 109 Å². The summed E-state index contributed by atoms with van der Waals surface area (Å²) in [7, 11) is -1.60. The van der Waals surface area contributed by atoms with Gasteiger partial charge in [0.2, 0.25) is 0 Å². The summed E-state index contributed by atoms with van der Waals surface area (Å²) in [5, 5.41) is 10.4. The Hall–Kier alpha value is -3.17. The highest BCUT2D eigenvalue weighted by Crippen LogP contribution is 2.33. The van der Waals surface area contributed by atoms with Gasteiger partial charge in [-0.15, -0.1) is 0 Å². The fourth-order valence-electron chi connectivity index (χ4n) is 4.75. The van der Waals surface area contributed by atoms with Crippen LogP contribution < -0.4 is 0 Å². The third-order valence-corrected chi connectivity index (χ3v) is 8.35. The van der Waals surface area contributed by atoms with Crippen molar-refractivity contribution >= 4 is 10.8 Å². The molecule has 0 radical (unpaired) electrons. The smallest absolute Gasteiger partial charge is 0.166 e. The van der Waals surface area contributed by atoms with Crippen LogP contribution in [-0.2, 0) is 49.6 Å². The van der Waals surface area contributed by atoms with Gasteiger partial charge in [0.15, 0.2) is 5.44 Å². The first kappa shape index (κ1) is 28.4. The van der Waals surface area contributed by atoms with Gasteiger partial charge in [-0.05, 0) is 28.8 Å². The summed E-state index contributed by atoms with van der Waals surface area (Å²) >= 11 is 0. The minimum absolute atomic E-state index is 0.276. The molecule has 4 aromatic carbocycles. The van der Waals surface area contributed by atoms with Crippen LogP contribution >= 0.6 is 0 Å². The van der Waals surface area contributed by atoms with Crippen LogP contribution in [0, 0.1) is 0 Å². The normalized spacial score (nSPS) is 23.5. The van der Waals surface area contributed by atoms with E-state index in [-0.39, 0.29) is 13.2 Å². The molecule has 40 heavy (non-hydrogen) atoms. The van der Waals surface area contributed by atoms with Gasteiger partial charge >= 0.3 is 0 Å².